The van der Waals surface area contributed by atoms with E-state index in [0.717, 1.165) is 18.8 Å². The van der Waals surface area contributed by atoms with Gasteiger partial charge in [-0.25, -0.2) is 0 Å². The van der Waals surface area contributed by atoms with Gasteiger partial charge in [0.1, 0.15) is 0 Å². The maximum atomic E-state index is 4.78. The number of benzene rings is 1. The highest BCUT2D eigenvalue weighted by atomic mass is 14.3. The monoisotopic (exact) mass is 446 g/mol. The zero-order valence-corrected chi connectivity index (χ0v) is 23.4. The van der Waals surface area contributed by atoms with Gasteiger partial charge in [0.05, 0.1) is 0 Å². The van der Waals surface area contributed by atoms with E-state index in [1.165, 1.54) is 24.8 Å². The van der Waals surface area contributed by atoms with Gasteiger partial charge < -0.3 is 0 Å². The van der Waals surface area contributed by atoms with Crippen LogP contribution in [0.5, 0.6) is 0 Å². The van der Waals surface area contributed by atoms with Gasteiger partial charge in [-0.3, -0.25) is 0 Å². The van der Waals surface area contributed by atoms with E-state index in [1.807, 2.05) is 6.08 Å². The predicted molar refractivity (Wildman–Crippen MR) is 151 cm³/mol. The SMILES string of the molecule is C#CC#CC#CC.C=CCC(C)(C)C.CC(C)(C)CC1CC1.CC(C)(C)Cc1ccccc1. The van der Waals surface area contributed by atoms with Gasteiger partial charge in [-0.05, 0) is 77.6 Å². The molecule has 0 nitrogen and oxygen atoms in total. The molecule has 0 heteroatoms. The second kappa shape index (κ2) is 17.2. The maximum absolute atomic E-state index is 4.78. The molecule has 0 amide bonds. The lowest BCUT2D eigenvalue weighted by atomic mass is 9.88. The molecule has 0 unspecified atom stereocenters. The molecule has 182 valence electrons. The number of terminal acetylenes is 1. The van der Waals surface area contributed by atoms with Crippen LogP contribution in [0.2, 0.25) is 0 Å². The van der Waals surface area contributed by atoms with E-state index in [1.54, 1.807) is 6.92 Å². The molecular weight excluding hydrogens is 396 g/mol. The minimum Gasteiger partial charge on any atom is -0.106 e. The summed E-state index contributed by atoms with van der Waals surface area (Å²) in [6, 6.07) is 10.6. The highest BCUT2D eigenvalue weighted by molar-refractivity contribution is 5.33. The van der Waals surface area contributed by atoms with Crippen LogP contribution >= 0.6 is 0 Å². The molecule has 0 atom stereocenters. The molecule has 0 radical (unpaired) electrons. The minimum atomic E-state index is 0.404. The molecule has 0 aliphatic heterocycles. The first-order valence-corrected chi connectivity index (χ1v) is 12.2. The number of allylic oxidation sites excluding steroid dienone is 1. The van der Waals surface area contributed by atoms with Gasteiger partial charge in [0.2, 0.25) is 0 Å². The summed E-state index contributed by atoms with van der Waals surface area (Å²) >= 11 is 0. The summed E-state index contributed by atoms with van der Waals surface area (Å²) in [6.07, 6.45) is 13.4. The van der Waals surface area contributed by atoms with E-state index >= 15 is 0 Å². The zero-order valence-electron chi connectivity index (χ0n) is 23.4. The Morgan fingerprint density at radius 2 is 1.39 bits per heavy atom. The third kappa shape index (κ3) is 31.9. The van der Waals surface area contributed by atoms with Crippen LogP contribution in [-0.4, -0.2) is 0 Å². The molecule has 0 N–H and O–H groups in total. The van der Waals surface area contributed by atoms with Crippen molar-refractivity contribution in [3.63, 3.8) is 0 Å². The molecule has 0 saturated heterocycles. The van der Waals surface area contributed by atoms with Crippen LogP contribution in [0.4, 0.5) is 0 Å². The predicted octanol–water partition coefficient (Wildman–Crippen LogP) is 9.36. The lowest BCUT2D eigenvalue weighted by Crippen LogP contribution is -2.08. The normalized spacial score (nSPS) is 12.2. The molecule has 33 heavy (non-hydrogen) atoms. The average Bonchev–Trinajstić information content (AvgIpc) is 3.44. The van der Waals surface area contributed by atoms with Gasteiger partial charge in [0, 0.05) is 0 Å². The molecule has 1 saturated carbocycles. The summed E-state index contributed by atoms with van der Waals surface area (Å²) in [6.45, 7) is 25.7. The van der Waals surface area contributed by atoms with Gasteiger partial charge in [-0.2, -0.15) is 0 Å². The lowest BCUT2D eigenvalue weighted by Gasteiger charge is -2.17. The Morgan fingerprint density at radius 1 is 0.848 bits per heavy atom. The molecule has 0 bridgehead atoms. The van der Waals surface area contributed by atoms with Crippen LogP contribution in [0.15, 0.2) is 43.0 Å². The Balaban J connectivity index is 0. The van der Waals surface area contributed by atoms with Crippen molar-refractivity contribution < 1.29 is 0 Å². The molecule has 1 aromatic carbocycles. The first-order chi connectivity index (χ1) is 15.1. The van der Waals surface area contributed by atoms with Crippen LogP contribution in [0.1, 0.15) is 100 Å². The molecule has 0 spiro atoms. The Labute approximate surface area is 208 Å². The average molecular weight is 447 g/mol. The van der Waals surface area contributed by atoms with E-state index in [9.17, 15) is 0 Å². The van der Waals surface area contributed by atoms with Crippen molar-refractivity contribution in [2.24, 2.45) is 22.2 Å². The van der Waals surface area contributed by atoms with E-state index in [0.29, 0.717) is 16.2 Å². The summed E-state index contributed by atoms with van der Waals surface area (Å²) in [7, 11) is 0. The third-order valence-corrected chi connectivity index (χ3v) is 4.25. The van der Waals surface area contributed by atoms with Crippen molar-refractivity contribution in [1.29, 1.82) is 0 Å². The van der Waals surface area contributed by atoms with Gasteiger partial charge in [-0.15, -0.1) is 13.0 Å². The third-order valence-electron chi connectivity index (χ3n) is 4.25. The summed E-state index contributed by atoms with van der Waals surface area (Å²) < 4.78 is 0. The number of hydrogen-bond acceptors (Lipinski definition) is 0. The topological polar surface area (TPSA) is 0 Å². The molecule has 2 rings (SSSR count). The zero-order chi connectivity index (χ0) is 26.0. The largest absolute Gasteiger partial charge is 0.106 e. The molecular formula is C33H50. The second-order valence-electron chi connectivity index (χ2n) is 12.3. The van der Waals surface area contributed by atoms with E-state index in [2.05, 4.69) is 129 Å². The molecule has 1 aliphatic carbocycles. The fourth-order valence-corrected chi connectivity index (χ4v) is 2.96. The first-order valence-electron chi connectivity index (χ1n) is 12.2. The first kappa shape index (κ1) is 32.8. The second-order valence-corrected chi connectivity index (χ2v) is 12.3. The number of hydrogen-bond donors (Lipinski definition) is 0. The Hall–Kier alpha value is -2.36. The fraction of sp³-hybridized carbons (Fsp3) is 0.576. The van der Waals surface area contributed by atoms with Gasteiger partial charge in [0.25, 0.3) is 0 Å². The van der Waals surface area contributed by atoms with Crippen molar-refractivity contribution >= 4 is 0 Å². The van der Waals surface area contributed by atoms with Crippen molar-refractivity contribution in [3.05, 3.63) is 48.6 Å². The van der Waals surface area contributed by atoms with Gasteiger partial charge in [-0.1, -0.05) is 117 Å². The molecule has 1 aliphatic rings. The van der Waals surface area contributed by atoms with Crippen LogP contribution in [-0.2, 0) is 6.42 Å². The van der Waals surface area contributed by atoms with Crippen LogP contribution < -0.4 is 0 Å². The molecule has 0 aromatic heterocycles. The van der Waals surface area contributed by atoms with Crippen LogP contribution in [0.3, 0.4) is 0 Å². The molecule has 1 fully saturated rings. The Kier molecular flexibility index (Phi) is 17.1. The lowest BCUT2D eigenvalue weighted by molar-refractivity contribution is 0.354. The van der Waals surface area contributed by atoms with Crippen LogP contribution in [0, 0.1) is 58.2 Å². The standard InChI is InChI=1S/C11H16.C8H16.C7H14.C7H4/c1-11(2,3)9-10-7-5-4-6-8-10;1-8(2,3)6-7-4-5-7;1-5-6-7(2,3)4;1-3-5-7-6-4-2/h4-8H,9H2,1-3H3;7H,4-6H2,1-3H3;5H,1,6H2,2-4H3;1H,2H3. The van der Waals surface area contributed by atoms with E-state index in [-0.39, 0.29) is 0 Å². The maximum Gasteiger partial charge on any atom is -0.00108 e. The minimum absolute atomic E-state index is 0.404. The summed E-state index contributed by atoms with van der Waals surface area (Å²) in [4.78, 5) is 0. The molecule has 0 heterocycles. The summed E-state index contributed by atoms with van der Waals surface area (Å²) in [5.74, 6) is 13.1. The van der Waals surface area contributed by atoms with Crippen molar-refractivity contribution in [2.45, 2.75) is 101 Å². The Morgan fingerprint density at radius 3 is 1.67 bits per heavy atom. The van der Waals surface area contributed by atoms with Crippen molar-refractivity contribution in [2.75, 3.05) is 0 Å². The van der Waals surface area contributed by atoms with E-state index in [4.69, 9.17) is 6.42 Å². The van der Waals surface area contributed by atoms with Crippen molar-refractivity contribution in [3.8, 4) is 36.0 Å². The highest BCUT2D eigenvalue weighted by Gasteiger charge is 2.26. The van der Waals surface area contributed by atoms with Crippen LogP contribution in [0.25, 0.3) is 0 Å². The number of rotatable bonds is 3. The van der Waals surface area contributed by atoms with Gasteiger partial charge >= 0.3 is 0 Å². The Bertz CT molecular complexity index is 783. The summed E-state index contributed by atoms with van der Waals surface area (Å²) in [5, 5.41) is 0. The van der Waals surface area contributed by atoms with E-state index < -0.39 is 0 Å². The van der Waals surface area contributed by atoms with Crippen molar-refractivity contribution in [1.82, 2.24) is 0 Å². The van der Waals surface area contributed by atoms with Gasteiger partial charge in [0.15, 0.2) is 0 Å². The quantitative estimate of drug-likeness (QED) is 0.320. The smallest absolute Gasteiger partial charge is 0.00108 e. The molecule has 1 aromatic rings. The fourth-order valence-electron chi connectivity index (χ4n) is 2.96. The summed E-state index contributed by atoms with van der Waals surface area (Å²) in [5.41, 5.74) is 2.85. The highest BCUT2D eigenvalue weighted by Crippen LogP contribution is 2.39.